The van der Waals surface area contributed by atoms with Crippen molar-refractivity contribution in [2.24, 2.45) is 7.05 Å². The van der Waals surface area contributed by atoms with E-state index in [9.17, 15) is 0 Å². The Kier molecular flexibility index (Phi) is 3.24. The van der Waals surface area contributed by atoms with E-state index in [-0.39, 0.29) is 0 Å². The molecule has 1 aliphatic carbocycles. The third kappa shape index (κ3) is 2.06. The average Bonchev–Trinajstić information content (AvgIpc) is 3.20. The van der Waals surface area contributed by atoms with E-state index in [1.54, 1.807) is 0 Å². The largest absolute Gasteiger partial charge is 0.437 e. The zero-order chi connectivity index (χ0) is 18.0. The van der Waals surface area contributed by atoms with Crippen molar-refractivity contribution in [2.75, 3.05) is 0 Å². The molecule has 26 heavy (non-hydrogen) atoms. The molecular formula is C23H23N2O+. The lowest BCUT2D eigenvalue weighted by molar-refractivity contribution is -0.660. The molecule has 0 fully saturated rings. The molecule has 3 nitrogen and oxygen atoms in total. The van der Waals surface area contributed by atoms with Gasteiger partial charge in [0.15, 0.2) is 11.8 Å². The molecule has 0 atom stereocenters. The van der Waals surface area contributed by atoms with Gasteiger partial charge in [0.05, 0.1) is 5.56 Å². The van der Waals surface area contributed by atoms with Gasteiger partial charge in [-0.15, -0.1) is 0 Å². The highest BCUT2D eigenvalue weighted by molar-refractivity contribution is 6.10. The van der Waals surface area contributed by atoms with Crippen LogP contribution in [0.3, 0.4) is 0 Å². The summed E-state index contributed by atoms with van der Waals surface area (Å²) in [5, 5.41) is 2.31. The maximum atomic E-state index is 6.37. The summed E-state index contributed by atoms with van der Waals surface area (Å²) < 4.78 is 8.63. The number of furan rings is 1. The van der Waals surface area contributed by atoms with Gasteiger partial charge in [-0.2, -0.15) is 0 Å². The minimum Gasteiger partial charge on any atom is -0.437 e. The van der Waals surface area contributed by atoms with E-state index < -0.39 is 0 Å². The molecule has 0 bridgehead atoms. The van der Waals surface area contributed by atoms with E-state index in [1.165, 1.54) is 51.7 Å². The zero-order valence-electron chi connectivity index (χ0n) is 15.8. The van der Waals surface area contributed by atoms with E-state index in [0.717, 1.165) is 28.8 Å². The van der Waals surface area contributed by atoms with Crippen molar-refractivity contribution in [3.8, 4) is 11.3 Å². The van der Waals surface area contributed by atoms with Crippen LogP contribution >= 0.6 is 0 Å². The standard InChI is InChI=1S/C23H23N2O/c1-13-12-14(2)20(21-17-7-5-6-16(17)10-11-25(21)4)22-19(13)18-9-8-15(3)24-23(18)26-22/h8-12H,5-7H2,1-4H3/q+1. The van der Waals surface area contributed by atoms with Gasteiger partial charge in [0.1, 0.15) is 7.05 Å². The van der Waals surface area contributed by atoms with Crippen molar-refractivity contribution in [2.45, 2.75) is 40.0 Å². The molecular weight excluding hydrogens is 320 g/mol. The van der Waals surface area contributed by atoms with Crippen molar-refractivity contribution < 1.29 is 8.98 Å². The Balaban J connectivity index is 1.96. The first-order chi connectivity index (χ1) is 12.5. The normalized spacial score (nSPS) is 13.7. The maximum Gasteiger partial charge on any atom is 0.227 e. The van der Waals surface area contributed by atoms with Crippen LogP contribution < -0.4 is 4.57 Å². The number of benzene rings is 1. The van der Waals surface area contributed by atoms with E-state index in [2.05, 4.69) is 60.9 Å². The van der Waals surface area contributed by atoms with Crippen LogP contribution in [0.25, 0.3) is 33.3 Å². The van der Waals surface area contributed by atoms with E-state index in [4.69, 9.17) is 4.42 Å². The summed E-state index contributed by atoms with van der Waals surface area (Å²) in [6.45, 7) is 6.38. The predicted octanol–water partition coefficient (Wildman–Crippen LogP) is 4.89. The van der Waals surface area contributed by atoms with Crippen molar-refractivity contribution >= 4 is 22.1 Å². The fourth-order valence-corrected chi connectivity index (χ4v) is 4.62. The molecule has 0 N–H and O–H groups in total. The van der Waals surface area contributed by atoms with Crippen LogP contribution in [0, 0.1) is 20.8 Å². The van der Waals surface area contributed by atoms with Gasteiger partial charge >= 0.3 is 0 Å². The molecule has 3 heteroatoms. The second kappa shape index (κ2) is 5.41. The first kappa shape index (κ1) is 15.6. The lowest BCUT2D eigenvalue weighted by Gasteiger charge is -2.11. The highest BCUT2D eigenvalue weighted by Gasteiger charge is 2.28. The average molecular weight is 343 g/mol. The van der Waals surface area contributed by atoms with Crippen LogP contribution in [-0.4, -0.2) is 4.98 Å². The SMILES string of the molecule is Cc1ccc2c(n1)oc1c(-c3c4c(cc[n+]3C)CCC4)c(C)cc(C)c12. The minimum absolute atomic E-state index is 0.741. The van der Waals surface area contributed by atoms with Crippen molar-refractivity contribution in [3.63, 3.8) is 0 Å². The molecule has 5 rings (SSSR count). The molecule has 0 radical (unpaired) electrons. The van der Waals surface area contributed by atoms with Crippen molar-refractivity contribution in [1.82, 2.24) is 4.98 Å². The number of rotatable bonds is 1. The molecule has 4 aromatic rings. The lowest BCUT2D eigenvalue weighted by Crippen LogP contribution is -2.32. The number of hydrogen-bond acceptors (Lipinski definition) is 2. The third-order valence-corrected chi connectivity index (χ3v) is 5.78. The fraction of sp³-hybridized carbons (Fsp3) is 0.304. The number of fused-ring (bicyclic) bond motifs is 4. The molecule has 0 unspecified atom stereocenters. The summed E-state index contributed by atoms with van der Waals surface area (Å²) >= 11 is 0. The molecule has 0 aliphatic heterocycles. The summed E-state index contributed by atoms with van der Waals surface area (Å²) in [6.07, 6.45) is 5.75. The number of pyridine rings is 2. The Morgan fingerprint density at radius 3 is 2.73 bits per heavy atom. The van der Waals surface area contributed by atoms with Crippen LogP contribution in [0.5, 0.6) is 0 Å². The van der Waals surface area contributed by atoms with E-state index in [1.807, 2.05) is 6.92 Å². The van der Waals surface area contributed by atoms with Gasteiger partial charge < -0.3 is 4.42 Å². The minimum atomic E-state index is 0.741. The van der Waals surface area contributed by atoms with Gasteiger partial charge in [-0.25, -0.2) is 9.55 Å². The molecule has 0 saturated heterocycles. The Hall–Kier alpha value is -2.68. The summed E-state index contributed by atoms with van der Waals surface area (Å²) in [4.78, 5) is 4.64. The number of aromatic nitrogens is 2. The Bertz CT molecular complexity index is 1200. The number of nitrogens with zero attached hydrogens (tertiary/aromatic N) is 2. The first-order valence-corrected chi connectivity index (χ1v) is 9.35. The van der Waals surface area contributed by atoms with Gasteiger partial charge in [-0.05, 0) is 68.9 Å². The smallest absolute Gasteiger partial charge is 0.227 e. The topological polar surface area (TPSA) is 29.9 Å². The Labute approximate surface area is 153 Å². The summed E-state index contributed by atoms with van der Waals surface area (Å²) in [6, 6.07) is 8.78. The van der Waals surface area contributed by atoms with Crippen LogP contribution in [0.2, 0.25) is 0 Å². The quantitative estimate of drug-likeness (QED) is 0.461. The van der Waals surface area contributed by atoms with Gasteiger partial charge in [-0.3, -0.25) is 0 Å². The molecule has 0 amide bonds. The van der Waals surface area contributed by atoms with Gasteiger partial charge in [0.2, 0.25) is 11.4 Å². The van der Waals surface area contributed by atoms with Crippen LogP contribution in [0.4, 0.5) is 0 Å². The molecule has 1 aliphatic rings. The van der Waals surface area contributed by atoms with Crippen LogP contribution in [-0.2, 0) is 19.9 Å². The second-order valence-corrected chi connectivity index (χ2v) is 7.63. The lowest BCUT2D eigenvalue weighted by atomic mass is 9.94. The van der Waals surface area contributed by atoms with E-state index in [0.29, 0.717) is 0 Å². The first-order valence-electron chi connectivity index (χ1n) is 9.35. The summed E-state index contributed by atoms with van der Waals surface area (Å²) in [5.41, 5.74) is 10.7. The van der Waals surface area contributed by atoms with Crippen LogP contribution in [0.15, 0.2) is 34.9 Å². The number of hydrogen-bond donors (Lipinski definition) is 0. The fourth-order valence-electron chi connectivity index (χ4n) is 4.62. The molecule has 3 heterocycles. The monoisotopic (exact) mass is 343 g/mol. The third-order valence-electron chi connectivity index (χ3n) is 5.78. The van der Waals surface area contributed by atoms with Crippen molar-refractivity contribution in [1.29, 1.82) is 0 Å². The summed E-state index contributed by atoms with van der Waals surface area (Å²) in [5.74, 6) is 0. The predicted molar refractivity (Wildman–Crippen MR) is 104 cm³/mol. The van der Waals surface area contributed by atoms with Crippen LogP contribution in [0.1, 0.15) is 34.4 Å². The Morgan fingerprint density at radius 2 is 1.88 bits per heavy atom. The Morgan fingerprint density at radius 1 is 1.04 bits per heavy atom. The highest BCUT2D eigenvalue weighted by atomic mass is 16.3. The van der Waals surface area contributed by atoms with Gasteiger partial charge in [0.25, 0.3) is 0 Å². The van der Waals surface area contributed by atoms with Crippen molar-refractivity contribution in [3.05, 3.63) is 58.4 Å². The highest BCUT2D eigenvalue weighted by Crippen LogP contribution is 2.41. The van der Waals surface area contributed by atoms with Gasteiger partial charge in [0, 0.05) is 28.1 Å². The maximum absolute atomic E-state index is 6.37. The molecule has 0 saturated carbocycles. The molecule has 3 aromatic heterocycles. The zero-order valence-corrected chi connectivity index (χ0v) is 15.8. The number of aryl methyl sites for hydroxylation is 5. The molecule has 1 aromatic carbocycles. The van der Waals surface area contributed by atoms with Gasteiger partial charge in [-0.1, -0.05) is 6.07 Å². The van der Waals surface area contributed by atoms with E-state index >= 15 is 0 Å². The molecule has 130 valence electrons. The summed E-state index contributed by atoms with van der Waals surface area (Å²) in [7, 11) is 2.14. The second-order valence-electron chi connectivity index (χ2n) is 7.63. The molecule has 0 spiro atoms.